The van der Waals surface area contributed by atoms with Gasteiger partial charge < -0.3 is 20.1 Å². The van der Waals surface area contributed by atoms with Gasteiger partial charge in [0, 0.05) is 48.7 Å². The number of methoxy groups -OCH3 is 1. The molecule has 0 radical (unpaired) electrons. The van der Waals surface area contributed by atoms with Gasteiger partial charge in [-0.3, -0.25) is 9.78 Å². The van der Waals surface area contributed by atoms with Gasteiger partial charge in [0.15, 0.2) is 5.65 Å². The second-order valence-corrected chi connectivity index (χ2v) is 9.93. The summed E-state index contributed by atoms with van der Waals surface area (Å²) in [6.07, 6.45) is 11.2. The molecule has 3 saturated heterocycles. The van der Waals surface area contributed by atoms with Crippen molar-refractivity contribution < 1.29 is 9.84 Å². The standard InChI is InChI=1S/C25H26N8O2/c1-35-22-5-2-16(10-27-22)8-24-9-18(29-24)13-32(14-24)21-4-3-17(11-26-21)25(34)7-6-20-19-12-28-30-23(19)31-33(20)15-25/h2-7,10-12,18,29,34H,8-9,13-15H2,1H3,(H,30,31). The van der Waals surface area contributed by atoms with Gasteiger partial charge in [0.1, 0.15) is 11.4 Å². The SMILES string of the molecule is COc1ccc(CC23CC(CN(c4ccc(C5(O)C=Cc6c7cn[nH]c7nn6C5)cn4)C2)N3)cn1. The fourth-order valence-corrected chi connectivity index (χ4v) is 5.85. The van der Waals surface area contributed by atoms with Gasteiger partial charge in [-0.05, 0) is 36.6 Å². The molecule has 4 aromatic rings. The van der Waals surface area contributed by atoms with E-state index in [4.69, 9.17) is 9.72 Å². The first-order chi connectivity index (χ1) is 17.0. The molecule has 0 aromatic carbocycles. The van der Waals surface area contributed by atoms with Crippen LogP contribution in [0.15, 0.2) is 48.9 Å². The number of pyridine rings is 2. The molecule has 0 spiro atoms. The third-order valence-electron chi connectivity index (χ3n) is 7.50. The quantitative estimate of drug-likeness (QED) is 0.403. The van der Waals surface area contributed by atoms with E-state index in [-0.39, 0.29) is 5.54 Å². The van der Waals surface area contributed by atoms with E-state index in [1.54, 1.807) is 19.5 Å². The number of hydrogen-bond acceptors (Lipinski definition) is 8. The van der Waals surface area contributed by atoms with Gasteiger partial charge in [-0.25, -0.2) is 9.97 Å². The molecule has 178 valence electrons. The summed E-state index contributed by atoms with van der Waals surface area (Å²) in [4.78, 5) is 11.5. The van der Waals surface area contributed by atoms with E-state index in [1.807, 2.05) is 41.2 Å². The summed E-state index contributed by atoms with van der Waals surface area (Å²) in [5, 5.41) is 27.6. The molecule has 3 N–H and O–H groups in total. The Kier molecular flexibility index (Phi) is 4.34. The number of hydrogen-bond donors (Lipinski definition) is 3. The molecular weight excluding hydrogens is 444 g/mol. The summed E-state index contributed by atoms with van der Waals surface area (Å²) >= 11 is 0. The van der Waals surface area contributed by atoms with Crippen LogP contribution in [0.5, 0.6) is 5.88 Å². The maximum atomic E-state index is 11.4. The average molecular weight is 471 g/mol. The lowest BCUT2D eigenvalue weighted by molar-refractivity contribution is 0.0633. The molecule has 4 aromatic heterocycles. The molecule has 2 bridgehead atoms. The molecular formula is C25H26N8O2. The molecule has 0 saturated carbocycles. The highest BCUT2D eigenvalue weighted by atomic mass is 16.5. The Morgan fingerprint density at radius 1 is 1.14 bits per heavy atom. The van der Waals surface area contributed by atoms with Crippen LogP contribution in [0.25, 0.3) is 17.1 Å². The monoisotopic (exact) mass is 470 g/mol. The first-order valence-electron chi connectivity index (χ1n) is 11.8. The zero-order valence-corrected chi connectivity index (χ0v) is 19.3. The van der Waals surface area contributed by atoms with Crippen LogP contribution in [0.4, 0.5) is 5.82 Å². The van der Waals surface area contributed by atoms with Crippen molar-refractivity contribution in [1.82, 2.24) is 35.3 Å². The van der Waals surface area contributed by atoms with Crippen molar-refractivity contribution in [2.75, 3.05) is 25.1 Å². The van der Waals surface area contributed by atoms with Crippen molar-refractivity contribution in [1.29, 1.82) is 0 Å². The van der Waals surface area contributed by atoms with Gasteiger partial charge in [-0.2, -0.15) is 10.2 Å². The van der Waals surface area contributed by atoms with Gasteiger partial charge in [0.25, 0.3) is 0 Å². The number of H-pyrrole nitrogens is 1. The summed E-state index contributed by atoms with van der Waals surface area (Å²) in [7, 11) is 1.63. The van der Waals surface area contributed by atoms with Crippen molar-refractivity contribution in [2.45, 2.75) is 36.6 Å². The molecule has 10 heteroatoms. The van der Waals surface area contributed by atoms with Crippen LogP contribution in [-0.4, -0.2) is 66.8 Å². The molecule has 10 nitrogen and oxygen atoms in total. The number of fused-ring (bicyclic) bond motifs is 5. The Hall–Kier alpha value is -3.76. The lowest BCUT2D eigenvalue weighted by Gasteiger charge is -2.58. The van der Waals surface area contributed by atoms with E-state index in [1.165, 1.54) is 5.56 Å². The molecule has 8 heterocycles. The third-order valence-corrected chi connectivity index (χ3v) is 7.50. The Labute approximate surface area is 201 Å². The first kappa shape index (κ1) is 20.6. The highest BCUT2D eigenvalue weighted by molar-refractivity contribution is 5.84. The fourth-order valence-electron chi connectivity index (χ4n) is 5.85. The zero-order chi connectivity index (χ0) is 23.6. The lowest BCUT2D eigenvalue weighted by atomic mass is 9.73. The number of piperidine rings is 1. The van der Waals surface area contributed by atoms with Crippen molar-refractivity contribution in [3.8, 4) is 5.88 Å². The predicted octanol–water partition coefficient (Wildman–Crippen LogP) is 1.64. The summed E-state index contributed by atoms with van der Waals surface area (Å²) in [6, 6.07) is 8.45. The van der Waals surface area contributed by atoms with Crippen LogP contribution in [0.3, 0.4) is 0 Å². The summed E-state index contributed by atoms with van der Waals surface area (Å²) < 4.78 is 7.00. The number of nitrogens with one attached hydrogen (secondary N) is 2. The van der Waals surface area contributed by atoms with Gasteiger partial charge in [-0.1, -0.05) is 12.1 Å². The number of aliphatic hydroxyl groups is 1. The number of rotatable bonds is 5. The molecule has 4 aliphatic rings. The lowest BCUT2D eigenvalue weighted by Crippen LogP contribution is -2.76. The molecule has 8 rings (SSSR count). The van der Waals surface area contributed by atoms with Gasteiger partial charge in [0.2, 0.25) is 5.88 Å². The Balaban J connectivity index is 1.08. The number of ether oxygens (including phenoxy) is 1. The van der Waals surface area contributed by atoms with Crippen LogP contribution in [-0.2, 0) is 18.6 Å². The Morgan fingerprint density at radius 2 is 2.06 bits per heavy atom. The van der Waals surface area contributed by atoms with E-state index in [0.29, 0.717) is 18.5 Å². The summed E-state index contributed by atoms with van der Waals surface area (Å²) in [5.74, 6) is 1.56. The molecule has 3 unspecified atom stereocenters. The molecule has 0 amide bonds. The summed E-state index contributed by atoms with van der Waals surface area (Å²) in [6.45, 7) is 2.13. The average Bonchev–Trinajstić information content (AvgIpc) is 3.45. The number of nitrogens with zero attached hydrogens (tertiary/aromatic N) is 6. The second kappa shape index (κ2) is 7.37. The predicted molar refractivity (Wildman–Crippen MR) is 130 cm³/mol. The minimum atomic E-state index is -1.16. The third kappa shape index (κ3) is 3.32. The van der Waals surface area contributed by atoms with Crippen molar-refractivity contribution >= 4 is 22.9 Å². The minimum Gasteiger partial charge on any atom is -0.481 e. The van der Waals surface area contributed by atoms with Crippen LogP contribution >= 0.6 is 0 Å². The van der Waals surface area contributed by atoms with Crippen molar-refractivity contribution in [3.05, 3.63) is 65.8 Å². The Morgan fingerprint density at radius 3 is 2.83 bits per heavy atom. The van der Waals surface area contributed by atoms with Crippen LogP contribution < -0.4 is 15.0 Å². The second-order valence-electron chi connectivity index (χ2n) is 9.93. The van der Waals surface area contributed by atoms with E-state index < -0.39 is 5.60 Å². The molecule has 0 aliphatic carbocycles. The summed E-state index contributed by atoms with van der Waals surface area (Å²) in [5.41, 5.74) is 2.47. The van der Waals surface area contributed by atoms with E-state index in [9.17, 15) is 5.11 Å². The van der Waals surface area contributed by atoms with Crippen LogP contribution in [0.2, 0.25) is 0 Å². The number of aromatic amines is 1. The Bertz CT molecular complexity index is 1420. The number of anilines is 1. The number of aromatic nitrogens is 6. The number of piperazine rings is 1. The van der Waals surface area contributed by atoms with E-state index in [2.05, 4.69) is 36.6 Å². The van der Waals surface area contributed by atoms with Gasteiger partial charge in [-0.15, -0.1) is 0 Å². The van der Waals surface area contributed by atoms with E-state index >= 15 is 0 Å². The molecule has 3 fully saturated rings. The molecule has 4 aliphatic heterocycles. The van der Waals surface area contributed by atoms with Crippen molar-refractivity contribution in [2.24, 2.45) is 0 Å². The van der Waals surface area contributed by atoms with Gasteiger partial charge >= 0.3 is 0 Å². The fraction of sp³-hybridized carbons (Fsp3) is 0.360. The normalized spacial score (nSPS) is 27.0. The van der Waals surface area contributed by atoms with E-state index in [0.717, 1.165) is 54.0 Å². The zero-order valence-electron chi connectivity index (χ0n) is 19.3. The smallest absolute Gasteiger partial charge is 0.212 e. The molecule has 3 atom stereocenters. The van der Waals surface area contributed by atoms with Gasteiger partial charge in [0.05, 0.1) is 30.9 Å². The highest BCUT2D eigenvalue weighted by Crippen LogP contribution is 2.37. The largest absolute Gasteiger partial charge is 0.481 e. The van der Waals surface area contributed by atoms with Crippen LogP contribution in [0.1, 0.15) is 23.2 Å². The molecule has 35 heavy (non-hydrogen) atoms. The highest BCUT2D eigenvalue weighted by Gasteiger charge is 2.49. The maximum absolute atomic E-state index is 11.4. The van der Waals surface area contributed by atoms with Crippen LogP contribution in [0, 0.1) is 0 Å². The first-order valence-corrected chi connectivity index (χ1v) is 11.8. The maximum Gasteiger partial charge on any atom is 0.212 e. The topological polar surface area (TPSA) is 117 Å². The minimum absolute atomic E-state index is 0.0259. The van der Waals surface area contributed by atoms with Crippen molar-refractivity contribution in [3.63, 3.8) is 0 Å².